The molecule has 1 amide bonds. The first-order chi connectivity index (χ1) is 6.99. The molecule has 0 spiro atoms. The molecule has 0 aromatic carbocycles. The van der Waals surface area contributed by atoms with Crippen molar-refractivity contribution in [3.05, 3.63) is 0 Å². The number of carboxylic acid groups (broad SMARTS) is 1. The second-order valence-electron chi connectivity index (χ2n) is 3.96. The SMILES string of the molecule is CN1CCC(NC(=O)C(N)CC(=O)O)C1. The minimum absolute atomic E-state index is 0.0994. The van der Waals surface area contributed by atoms with Crippen molar-refractivity contribution in [3.8, 4) is 0 Å². The number of rotatable bonds is 4. The van der Waals surface area contributed by atoms with Gasteiger partial charge in [0.25, 0.3) is 0 Å². The van der Waals surface area contributed by atoms with Gasteiger partial charge in [0.1, 0.15) is 0 Å². The second kappa shape index (κ2) is 5.09. The minimum Gasteiger partial charge on any atom is -0.481 e. The Bertz CT molecular complexity index is 257. The summed E-state index contributed by atoms with van der Waals surface area (Å²) >= 11 is 0. The topological polar surface area (TPSA) is 95.7 Å². The molecule has 15 heavy (non-hydrogen) atoms. The van der Waals surface area contributed by atoms with Gasteiger partial charge in [-0.1, -0.05) is 0 Å². The van der Waals surface area contributed by atoms with Crippen LogP contribution < -0.4 is 11.1 Å². The smallest absolute Gasteiger partial charge is 0.305 e. The number of nitrogens with zero attached hydrogens (tertiary/aromatic N) is 1. The van der Waals surface area contributed by atoms with Crippen LogP contribution in [0.4, 0.5) is 0 Å². The number of hydrogen-bond acceptors (Lipinski definition) is 4. The lowest BCUT2D eigenvalue weighted by molar-refractivity contribution is -0.139. The summed E-state index contributed by atoms with van der Waals surface area (Å²) in [4.78, 5) is 23.9. The van der Waals surface area contributed by atoms with E-state index in [0.717, 1.165) is 19.5 Å². The van der Waals surface area contributed by atoms with Crippen molar-refractivity contribution in [3.63, 3.8) is 0 Å². The Morgan fingerprint density at radius 1 is 1.67 bits per heavy atom. The van der Waals surface area contributed by atoms with Crippen LogP contribution in [0.2, 0.25) is 0 Å². The Morgan fingerprint density at radius 2 is 2.33 bits per heavy atom. The monoisotopic (exact) mass is 215 g/mol. The average Bonchev–Trinajstić information content (AvgIpc) is 2.50. The summed E-state index contributed by atoms with van der Waals surface area (Å²) in [6.45, 7) is 1.74. The number of carbonyl (C=O) groups is 2. The molecule has 0 bridgehead atoms. The van der Waals surface area contributed by atoms with Crippen LogP contribution in [-0.2, 0) is 9.59 Å². The van der Waals surface area contributed by atoms with Crippen molar-refractivity contribution in [2.45, 2.75) is 24.9 Å². The van der Waals surface area contributed by atoms with Crippen LogP contribution in [0.3, 0.4) is 0 Å². The van der Waals surface area contributed by atoms with Crippen LogP contribution in [0.15, 0.2) is 0 Å². The van der Waals surface area contributed by atoms with Crippen molar-refractivity contribution >= 4 is 11.9 Å². The summed E-state index contributed by atoms with van der Waals surface area (Å²) in [6, 6.07) is -0.851. The number of carboxylic acids is 1. The fraction of sp³-hybridized carbons (Fsp3) is 0.778. The fourth-order valence-corrected chi connectivity index (χ4v) is 1.64. The summed E-state index contributed by atoms with van der Waals surface area (Å²) in [5.74, 6) is -1.43. The molecule has 1 rings (SSSR count). The molecule has 1 saturated heterocycles. The quantitative estimate of drug-likeness (QED) is 0.536. The molecule has 0 aromatic heterocycles. The van der Waals surface area contributed by atoms with E-state index in [1.807, 2.05) is 7.05 Å². The van der Waals surface area contributed by atoms with E-state index in [9.17, 15) is 9.59 Å². The Morgan fingerprint density at radius 3 is 2.80 bits per heavy atom. The summed E-state index contributed by atoms with van der Waals surface area (Å²) in [7, 11) is 1.98. The second-order valence-corrected chi connectivity index (χ2v) is 3.96. The molecule has 2 atom stereocenters. The zero-order valence-corrected chi connectivity index (χ0v) is 8.77. The van der Waals surface area contributed by atoms with Gasteiger partial charge in [0.2, 0.25) is 5.91 Å². The number of nitrogens with two attached hydrogens (primary N) is 1. The highest BCUT2D eigenvalue weighted by Crippen LogP contribution is 2.06. The lowest BCUT2D eigenvalue weighted by Crippen LogP contribution is -2.46. The maximum Gasteiger partial charge on any atom is 0.305 e. The number of hydrogen-bond donors (Lipinski definition) is 3. The lowest BCUT2D eigenvalue weighted by Gasteiger charge is -2.15. The standard InChI is InChI=1S/C9H17N3O3/c1-12-3-2-6(5-12)11-9(15)7(10)4-8(13)14/h6-7H,2-5,10H2,1H3,(H,11,15)(H,13,14). The van der Waals surface area contributed by atoms with E-state index >= 15 is 0 Å². The van der Waals surface area contributed by atoms with E-state index in [0.29, 0.717) is 0 Å². The maximum absolute atomic E-state index is 11.4. The third-order valence-corrected chi connectivity index (χ3v) is 2.47. The molecule has 1 fully saturated rings. The third kappa shape index (κ3) is 3.85. The van der Waals surface area contributed by atoms with Crippen LogP contribution >= 0.6 is 0 Å². The molecule has 6 nitrogen and oxygen atoms in total. The molecule has 0 aliphatic carbocycles. The molecule has 1 heterocycles. The Hall–Kier alpha value is -1.14. The molecular formula is C9H17N3O3. The van der Waals surface area contributed by atoms with E-state index in [4.69, 9.17) is 10.8 Å². The highest BCUT2D eigenvalue weighted by Gasteiger charge is 2.24. The summed E-state index contributed by atoms with van der Waals surface area (Å²) in [5, 5.41) is 11.2. The molecule has 0 aromatic rings. The van der Waals surface area contributed by atoms with E-state index < -0.39 is 12.0 Å². The minimum atomic E-state index is -1.05. The summed E-state index contributed by atoms with van der Waals surface area (Å²) in [6.07, 6.45) is 0.566. The molecule has 86 valence electrons. The summed E-state index contributed by atoms with van der Waals surface area (Å²) < 4.78 is 0. The maximum atomic E-state index is 11.4. The Kier molecular flexibility index (Phi) is 4.05. The largest absolute Gasteiger partial charge is 0.481 e. The first-order valence-corrected chi connectivity index (χ1v) is 4.95. The van der Waals surface area contributed by atoms with Crippen molar-refractivity contribution in [2.75, 3.05) is 20.1 Å². The first kappa shape index (κ1) is 11.9. The average molecular weight is 215 g/mol. The van der Waals surface area contributed by atoms with Gasteiger partial charge in [-0.15, -0.1) is 0 Å². The molecule has 1 aliphatic heterocycles. The van der Waals surface area contributed by atoms with E-state index in [1.165, 1.54) is 0 Å². The molecule has 6 heteroatoms. The predicted octanol–water partition coefficient (Wildman–Crippen LogP) is -1.39. The van der Waals surface area contributed by atoms with Gasteiger partial charge in [0, 0.05) is 12.6 Å². The van der Waals surface area contributed by atoms with Crippen LogP contribution in [0, 0.1) is 0 Å². The number of carbonyl (C=O) groups excluding carboxylic acids is 1. The zero-order valence-electron chi connectivity index (χ0n) is 8.77. The van der Waals surface area contributed by atoms with Gasteiger partial charge in [-0.05, 0) is 20.0 Å². The predicted molar refractivity (Wildman–Crippen MR) is 54.3 cm³/mol. The van der Waals surface area contributed by atoms with Crippen molar-refractivity contribution in [1.82, 2.24) is 10.2 Å². The Balaban J connectivity index is 2.31. The van der Waals surface area contributed by atoms with Gasteiger partial charge in [-0.3, -0.25) is 9.59 Å². The number of likely N-dealkylation sites (N-methyl/N-ethyl adjacent to an activating group) is 1. The third-order valence-electron chi connectivity index (χ3n) is 2.47. The van der Waals surface area contributed by atoms with Gasteiger partial charge in [0.05, 0.1) is 12.5 Å². The number of nitrogens with one attached hydrogen (secondary N) is 1. The van der Waals surface area contributed by atoms with Gasteiger partial charge < -0.3 is 21.1 Å². The summed E-state index contributed by atoms with van der Waals surface area (Å²) in [5.41, 5.74) is 5.42. The van der Waals surface area contributed by atoms with E-state index in [1.54, 1.807) is 0 Å². The fourth-order valence-electron chi connectivity index (χ4n) is 1.64. The van der Waals surface area contributed by atoms with Gasteiger partial charge in [-0.25, -0.2) is 0 Å². The van der Waals surface area contributed by atoms with E-state index in [2.05, 4.69) is 10.2 Å². The molecular weight excluding hydrogens is 198 g/mol. The highest BCUT2D eigenvalue weighted by molar-refractivity contribution is 5.86. The van der Waals surface area contributed by atoms with Gasteiger partial charge >= 0.3 is 5.97 Å². The highest BCUT2D eigenvalue weighted by atomic mass is 16.4. The van der Waals surface area contributed by atoms with E-state index in [-0.39, 0.29) is 18.4 Å². The normalized spacial score (nSPS) is 23.7. The molecule has 4 N–H and O–H groups in total. The van der Waals surface area contributed by atoms with Crippen molar-refractivity contribution in [2.24, 2.45) is 5.73 Å². The van der Waals surface area contributed by atoms with Crippen molar-refractivity contribution in [1.29, 1.82) is 0 Å². The molecule has 1 aliphatic rings. The van der Waals surface area contributed by atoms with Crippen molar-refractivity contribution < 1.29 is 14.7 Å². The lowest BCUT2D eigenvalue weighted by atomic mass is 10.2. The number of likely N-dealkylation sites (tertiary alicyclic amines) is 1. The van der Waals surface area contributed by atoms with Crippen LogP contribution in [0.25, 0.3) is 0 Å². The Labute approximate surface area is 88.4 Å². The molecule has 0 saturated carbocycles. The van der Waals surface area contributed by atoms with Crippen LogP contribution in [-0.4, -0.2) is 54.1 Å². The zero-order chi connectivity index (χ0) is 11.4. The van der Waals surface area contributed by atoms with Crippen LogP contribution in [0.5, 0.6) is 0 Å². The number of amides is 1. The number of aliphatic carboxylic acids is 1. The first-order valence-electron chi connectivity index (χ1n) is 4.95. The molecule has 2 unspecified atom stereocenters. The molecule has 0 radical (unpaired) electrons. The van der Waals surface area contributed by atoms with Gasteiger partial charge in [0.15, 0.2) is 0 Å². The van der Waals surface area contributed by atoms with Crippen LogP contribution in [0.1, 0.15) is 12.8 Å². The van der Waals surface area contributed by atoms with Gasteiger partial charge in [-0.2, -0.15) is 0 Å².